The van der Waals surface area contributed by atoms with E-state index < -0.39 is 0 Å². The number of aromatic nitrogens is 3. The molecule has 0 aromatic carbocycles. The minimum atomic E-state index is -0.101. The van der Waals surface area contributed by atoms with E-state index in [9.17, 15) is 4.79 Å². The van der Waals surface area contributed by atoms with Crippen molar-refractivity contribution in [2.75, 3.05) is 6.54 Å². The maximum absolute atomic E-state index is 12.0. The van der Waals surface area contributed by atoms with E-state index in [2.05, 4.69) is 15.2 Å². The van der Waals surface area contributed by atoms with Crippen LogP contribution in [0.1, 0.15) is 43.6 Å². The van der Waals surface area contributed by atoms with E-state index >= 15 is 0 Å². The second kappa shape index (κ2) is 4.91. The minimum absolute atomic E-state index is 0.101. The summed E-state index contributed by atoms with van der Waals surface area (Å²) >= 11 is 0. The van der Waals surface area contributed by atoms with Gasteiger partial charge in [0.2, 0.25) is 5.82 Å². The van der Waals surface area contributed by atoms with Crippen LogP contribution >= 0.6 is 0 Å². The van der Waals surface area contributed by atoms with E-state index in [0.29, 0.717) is 5.82 Å². The molecule has 0 atom stereocenters. The Bertz CT molecular complexity index is 332. The van der Waals surface area contributed by atoms with Gasteiger partial charge in [0.1, 0.15) is 5.82 Å². The lowest BCUT2D eigenvalue weighted by Gasteiger charge is -2.24. The normalized spacial score (nSPS) is 10.7. The van der Waals surface area contributed by atoms with Crippen molar-refractivity contribution >= 4 is 5.91 Å². The average molecular weight is 210 g/mol. The van der Waals surface area contributed by atoms with Crippen molar-refractivity contribution in [2.45, 2.75) is 40.2 Å². The molecule has 0 aliphatic heterocycles. The Morgan fingerprint density at radius 1 is 1.53 bits per heavy atom. The van der Waals surface area contributed by atoms with E-state index in [0.717, 1.165) is 13.0 Å². The van der Waals surface area contributed by atoms with E-state index in [1.54, 1.807) is 11.8 Å². The van der Waals surface area contributed by atoms with E-state index in [1.165, 1.54) is 0 Å². The molecule has 0 saturated carbocycles. The second-order valence-electron chi connectivity index (χ2n) is 3.84. The minimum Gasteiger partial charge on any atom is -0.333 e. The second-order valence-corrected chi connectivity index (χ2v) is 3.84. The van der Waals surface area contributed by atoms with Gasteiger partial charge >= 0.3 is 0 Å². The summed E-state index contributed by atoms with van der Waals surface area (Å²) < 4.78 is 0. The number of H-pyrrole nitrogens is 1. The Labute approximate surface area is 89.9 Å². The molecule has 0 bridgehead atoms. The summed E-state index contributed by atoms with van der Waals surface area (Å²) in [6.45, 7) is 8.55. The number of hydrogen-bond acceptors (Lipinski definition) is 3. The molecule has 15 heavy (non-hydrogen) atoms. The van der Waals surface area contributed by atoms with Crippen LogP contribution in [-0.4, -0.2) is 38.6 Å². The van der Waals surface area contributed by atoms with Crippen LogP contribution in [-0.2, 0) is 0 Å². The molecule has 1 amide bonds. The van der Waals surface area contributed by atoms with Crippen molar-refractivity contribution in [1.29, 1.82) is 0 Å². The standard InChI is InChI=1S/C10H18N4O/c1-5-6-14(7(2)3)10(15)9-11-8(4)12-13-9/h7H,5-6H2,1-4H3,(H,11,12,13). The summed E-state index contributed by atoms with van der Waals surface area (Å²) in [5, 5.41) is 6.55. The van der Waals surface area contributed by atoms with Gasteiger partial charge in [-0.25, -0.2) is 4.98 Å². The van der Waals surface area contributed by atoms with Gasteiger partial charge in [-0.1, -0.05) is 6.92 Å². The van der Waals surface area contributed by atoms with Crippen LogP contribution in [0.3, 0.4) is 0 Å². The summed E-state index contributed by atoms with van der Waals surface area (Å²) in [5.74, 6) is 0.824. The number of nitrogens with one attached hydrogen (secondary N) is 1. The molecule has 5 heteroatoms. The molecule has 0 radical (unpaired) electrons. The third kappa shape index (κ3) is 2.78. The fraction of sp³-hybridized carbons (Fsp3) is 0.700. The first-order chi connectivity index (χ1) is 7.06. The van der Waals surface area contributed by atoms with Crippen LogP contribution in [0, 0.1) is 6.92 Å². The number of aromatic amines is 1. The average Bonchev–Trinajstić information content (AvgIpc) is 2.59. The highest BCUT2D eigenvalue weighted by molar-refractivity contribution is 5.90. The van der Waals surface area contributed by atoms with Crippen molar-refractivity contribution in [3.63, 3.8) is 0 Å². The number of aryl methyl sites for hydroxylation is 1. The Balaban J connectivity index is 2.80. The Morgan fingerprint density at radius 3 is 2.60 bits per heavy atom. The van der Waals surface area contributed by atoms with Crippen LogP contribution < -0.4 is 0 Å². The molecule has 0 unspecified atom stereocenters. The molecule has 1 aromatic heterocycles. The third-order valence-electron chi connectivity index (χ3n) is 2.14. The fourth-order valence-electron chi connectivity index (χ4n) is 1.40. The molecule has 1 rings (SSSR count). The summed E-state index contributed by atoms with van der Waals surface area (Å²) in [5.41, 5.74) is 0. The van der Waals surface area contributed by atoms with Crippen LogP contribution in [0.15, 0.2) is 0 Å². The van der Waals surface area contributed by atoms with E-state index in [4.69, 9.17) is 0 Å². The van der Waals surface area contributed by atoms with E-state index in [-0.39, 0.29) is 17.8 Å². The molecule has 0 aliphatic carbocycles. The lowest BCUT2D eigenvalue weighted by Crippen LogP contribution is -2.38. The molecule has 1 N–H and O–H groups in total. The Hall–Kier alpha value is -1.39. The molecule has 5 nitrogen and oxygen atoms in total. The highest BCUT2D eigenvalue weighted by atomic mass is 16.2. The van der Waals surface area contributed by atoms with E-state index in [1.807, 2.05) is 20.8 Å². The molecule has 84 valence electrons. The van der Waals surface area contributed by atoms with Gasteiger partial charge in [0.15, 0.2) is 0 Å². The number of rotatable bonds is 4. The topological polar surface area (TPSA) is 61.9 Å². The molecule has 0 aliphatic rings. The number of carbonyl (C=O) groups is 1. The summed E-state index contributed by atoms with van der Waals surface area (Å²) in [6, 6.07) is 0.177. The number of carbonyl (C=O) groups excluding carboxylic acids is 1. The molecule has 0 saturated heterocycles. The van der Waals surface area contributed by atoms with Gasteiger partial charge < -0.3 is 4.90 Å². The quantitative estimate of drug-likeness (QED) is 0.816. The Kier molecular flexibility index (Phi) is 3.82. The van der Waals surface area contributed by atoms with Crippen molar-refractivity contribution in [1.82, 2.24) is 20.1 Å². The number of hydrogen-bond donors (Lipinski definition) is 1. The first-order valence-electron chi connectivity index (χ1n) is 5.26. The van der Waals surface area contributed by atoms with Crippen molar-refractivity contribution in [3.05, 3.63) is 11.6 Å². The van der Waals surface area contributed by atoms with Crippen LogP contribution in [0.4, 0.5) is 0 Å². The first kappa shape index (κ1) is 11.7. The molecular weight excluding hydrogens is 192 g/mol. The van der Waals surface area contributed by atoms with Gasteiger partial charge in [-0.15, -0.1) is 5.10 Å². The Morgan fingerprint density at radius 2 is 2.20 bits per heavy atom. The highest BCUT2D eigenvalue weighted by Gasteiger charge is 2.21. The zero-order chi connectivity index (χ0) is 11.4. The monoisotopic (exact) mass is 210 g/mol. The molecule has 1 aromatic rings. The molecule has 0 fully saturated rings. The van der Waals surface area contributed by atoms with Crippen LogP contribution in [0.2, 0.25) is 0 Å². The highest BCUT2D eigenvalue weighted by Crippen LogP contribution is 2.05. The van der Waals surface area contributed by atoms with Crippen molar-refractivity contribution in [2.24, 2.45) is 0 Å². The van der Waals surface area contributed by atoms with Gasteiger partial charge in [0.05, 0.1) is 0 Å². The number of nitrogens with zero attached hydrogens (tertiary/aromatic N) is 3. The molecular formula is C10H18N4O. The fourth-order valence-corrected chi connectivity index (χ4v) is 1.40. The third-order valence-corrected chi connectivity index (χ3v) is 2.14. The van der Waals surface area contributed by atoms with Gasteiger partial charge in [-0.3, -0.25) is 9.89 Å². The van der Waals surface area contributed by atoms with Gasteiger partial charge in [0, 0.05) is 12.6 Å². The van der Waals surface area contributed by atoms with Gasteiger partial charge in [-0.05, 0) is 27.2 Å². The SMILES string of the molecule is CCCN(C(=O)c1n[nH]c(C)n1)C(C)C. The van der Waals surface area contributed by atoms with Crippen LogP contribution in [0.25, 0.3) is 0 Å². The maximum atomic E-state index is 12.0. The summed E-state index contributed by atoms with van der Waals surface area (Å²) in [6.07, 6.45) is 0.938. The predicted molar refractivity (Wildman–Crippen MR) is 57.6 cm³/mol. The first-order valence-corrected chi connectivity index (χ1v) is 5.26. The summed E-state index contributed by atoms with van der Waals surface area (Å²) in [4.78, 5) is 17.8. The largest absolute Gasteiger partial charge is 0.333 e. The maximum Gasteiger partial charge on any atom is 0.293 e. The zero-order valence-electron chi connectivity index (χ0n) is 9.74. The molecule has 1 heterocycles. The van der Waals surface area contributed by atoms with Crippen LogP contribution in [0.5, 0.6) is 0 Å². The zero-order valence-corrected chi connectivity index (χ0v) is 9.74. The lowest BCUT2D eigenvalue weighted by molar-refractivity contribution is 0.0693. The number of amides is 1. The van der Waals surface area contributed by atoms with Gasteiger partial charge in [0.25, 0.3) is 5.91 Å². The van der Waals surface area contributed by atoms with Crippen molar-refractivity contribution in [3.8, 4) is 0 Å². The molecule has 0 spiro atoms. The van der Waals surface area contributed by atoms with Crippen molar-refractivity contribution < 1.29 is 4.79 Å². The smallest absolute Gasteiger partial charge is 0.293 e. The summed E-state index contributed by atoms with van der Waals surface area (Å²) in [7, 11) is 0. The lowest BCUT2D eigenvalue weighted by atomic mass is 10.3. The predicted octanol–water partition coefficient (Wildman–Crippen LogP) is 1.37. The van der Waals surface area contributed by atoms with Gasteiger partial charge in [-0.2, -0.15) is 0 Å².